The van der Waals surface area contributed by atoms with E-state index in [1.54, 1.807) is 0 Å². The van der Waals surface area contributed by atoms with Crippen LogP contribution in [0.4, 0.5) is 0 Å². The van der Waals surface area contributed by atoms with Gasteiger partial charge in [0.15, 0.2) is 7.28 Å². The molecule has 0 unspecified atom stereocenters. The summed E-state index contributed by atoms with van der Waals surface area (Å²) < 4.78 is 0. The molecule has 0 aliphatic rings. The standard InChI is InChI=1S/C7H20B4O2/c1-5(2,11-13)7(8,9)10-6(3,4)12/h10-13H,8-9H2,1-4H3. The average molecular weight is 179 g/mol. The molecular formula is C7H20B4O2. The van der Waals surface area contributed by atoms with Gasteiger partial charge in [0, 0.05) is 5.50 Å². The van der Waals surface area contributed by atoms with Gasteiger partial charge in [-0.05, 0) is 19.2 Å². The molecule has 0 aromatic rings. The van der Waals surface area contributed by atoms with Gasteiger partial charge in [-0.2, -0.15) is 0 Å². The lowest BCUT2D eigenvalue weighted by Gasteiger charge is -2.42. The second kappa shape index (κ2) is 3.74. The Kier molecular flexibility index (Phi) is 3.79. The maximum absolute atomic E-state index is 9.73. The average Bonchev–Trinajstić information content (AvgIpc) is 1.81. The Morgan fingerprint density at radius 3 is 1.69 bits per heavy atom. The number of hydrogen-bond acceptors (Lipinski definition) is 2. The van der Waals surface area contributed by atoms with E-state index in [0.717, 1.165) is 0 Å². The minimum atomic E-state index is -0.671. The summed E-state index contributed by atoms with van der Waals surface area (Å²) in [6.07, 6.45) is 0. The summed E-state index contributed by atoms with van der Waals surface area (Å²) in [5, 5.41) is 18.7. The van der Waals surface area contributed by atoms with E-state index < -0.39 is 5.50 Å². The highest BCUT2D eigenvalue weighted by atomic mass is 16.3. The van der Waals surface area contributed by atoms with Crippen LogP contribution in [0, 0.1) is 0 Å². The van der Waals surface area contributed by atoms with Crippen molar-refractivity contribution in [1.29, 1.82) is 0 Å². The third-order valence-corrected chi connectivity index (χ3v) is 3.10. The second-order valence-corrected chi connectivity index (χ2v) is 5.92. The van der Waals surface area contributed by atoms with E-state index >= 15 is 0 Å². The van der Waals surface area contributed by atoms with Crippen LogP contribution in [-0.4, -0.2) is 46.1 Å². The first-order valence-electron chi connectivity index (χ1n) is 4.85. The molecule has 0 aromatic heterocycles. The van der Waals surface area contributed by atoms with Gasteiger partial charge in [0.05, 0.1) is 15.7 Å². The van der Waals surface area contributed by atoms with Gasteiger partial charge in [-0.25, -0.2) is 0 Å². The topological polar surface area (TPSA) is 40.5 Å². The number of aliphatic hydroxyl groups is 1. The maximum Gasteiger partial charge on any atom is 0.275 e. The summed E-state index contributed by atoms with van der Waals surface area (Å²) >= 11 is 0. The third-order valence-electron chi connectivity index (χ3n) is 3.10. The van der Waals surface area contributed by atoms with Crippen molar-refractivity contribution in [2.75, 3.05) is 0 Å². The van der Waals surface area contributed by atoms with Crippen molar-refractivity contribution in [2.45, 2.75) is 43.6 Å². The van der Waals surface area contributed by atoms with Crippen LogP contribution in [-0.2, 0) is 0 Å². The molecule has 0 spiro atoms. The molecule has 0 aromatic carbocycles. The van der Waals surface area contributed by atoms with Crippen molar-refractivity contribution in [2.24, 2.45) is 0 Å². The Hall–Kier alpha value is 0.180. The fourth-order valence-corrected chi connectivity index (χ4v) is 1.53. The smallest absolute Gasteiger partial charge is 0.275 e. The van der Waals surface area contributed by atoms with Crippen LogP contribution in [0.5, 0.6) is 0 Å². The zero-order valence-electron chi connectivity index (χ0n) is 9.81. The van der Waals surface area contributed by atoms with Crippen LogP contribution in [0.25, 0.3) is 0 Å². The molecule has 6 heteroatoms. The monoisotopic (exact) mass is 180 g/mol. The second-order valence-electron chi connectivity index (χ2n) is 5.92. The molecule has 0 aliphatic carbocycles. The fourth-order valence-electron chi connectivity index (χ4n) is 1.53. The SMILES string of the molecule is BC(B)(BC(C)(C)O)C(C)(C)BO. The predicted molar refractivity (Wildman–Crippen MR) is 66.6 cm³/mol. The Morgan fingerprint density at radius 1 is 1.08 bits per heavy atom. The largest absolute Gasteiger partial charge is 0.453 e. The third kappa shape index (κ3) is 3.82. The minimum absolute atomic E-state index is 0.0694. The Bertz CT molecular complexity index is 174. The molecular weight excluding hydrogens is 159 g/mol. The molecule has 0 amide bonds. The van der Waals surface area contributed by atoms with Crippen molar-refractivity contribution < 1.29 is 10.1 Å². The van der Waals surface area contributed by atoms with E-state index in [-0.39, 0.29) is 17.9 Å². The molecule has 0 fully saturated rings. The summed E-state index contributed by atoms with van der Waals surface area (Å²) in [6, 6.07) is 0. The summed E-state index contributed by atoms with van der Waals surface area (Å²) in [4.78, 5) is 0. The molecule has 0 bridgehead atoms. The van der Waals surface area contributed by atoms with Crippen molar-refractivity contribution in [3.8, 4) is 0 Å². The predicted octanol–water partition coefficient (Wildman–Crippen LogP) is -1.97. The molecule has 0 saturated heterocycles. The van der Waals surface area contributed by atoms with Crippen LogP contribution in [0.3, 0.4) is 0 Å². The summed E-state index contributed by atoms with van der Waals surface area (Å²) in [6.45, 7) is 7.67. The quantitative estimate of drug-likeness (QED) is 0.492. The van der Waals surface area contributed by atoms with Gasteiger partial charge in [0.2, 0.25) is 0 Å². The summed E-state index contributed by atoms with van der Waals surface area (Å²) in [5.41, 5.74) is -0.671. The number of hydrogen-bond donors (Lipinski definition) is 2. The fraction of sp³-hybridized carbons (Fsp3) is 1.00. The van der Waals surface area contributed by atoms with Crippen LogP contribution in [0.2, 0.25) is 10.4 Å². The molecule has 2 N–H and O–H groups in total. The summed E-state index contributed by atoms with van der Waals surface area (Å²) in [5.74, 6) is 0. The van der Waals surface area contributed by atoms with Crippen molar-refractivity contribution in [1.82, 2.24) is 0 Å². The minimum Gasteiger partial charge on any atom is -0.453 e. The van der Waals surface area contributed by atoms with Gasteiger partial charge < -0.3 is 10.1 Å². The molecule has 0 aliphatic heterocycles. The van der Waals surface area contributed by atoms with E-state index in [0.29, 0.717) is 7.28 Å². The Labute approximate surface area is 84.8 Å². The van der Waals surface area contributed by atoms with Gasteiger partial charge >= 0.3 is 0 Å². The molecule has 0 saturated carbocycles. The zero-order valence-corrected chi connectivity index (χ0v) is 9.81. The lowest BCUT2D eigenvalue weighted by atomic mass is 9.19. The van der Waals surface area contributed by atoms with Gasteiger partial charge in [0.1, 0.15) is 0 Å². The van der Waals surface area contributed by atoms with E-state index in [4.69, 9.17) is 0 Å². The highest BCUT2D eigenvalue weighted by molar-refractivity contribution is 6.72. The van der Waals surface area contributed by atoms with Gasteiger partial charge in [-0.1, -0.05) is 13.8 Å². The highest BCUT2D eigenvalue weighted by Crippen LogP contribution is 2.45. The Morgan fingerprint density at radius 2 is 1.46 bits per heavy atom. The molecule has 0 atom stereocenters. The van der Waals surface area contributed by atoms with Crippen molar-refractivity contribution in [3.63, 3.8) is 0 Å². The first kappa shape index (κ1) is 13.2. The number of rotatable bonds is 4. The van der Waals surface area contributed by atoms with E-state index in [2.05, 4.69) is 15.7 Å². The lowest BCUT2D eigenvalue weighted by molar-refractivity contribution is 0.163. The summed E-state index contributed by atoms with van der Waals surface area (Å²) in [7, 11) is 5.01. The highest BCUT2D eigenvalue weighted by Gasteiger charge is 2.41. The molecule has 2 nitrogen and oxygen atoms in total. The molecule has 72 valence electrons. The van der Waals surface area contributed by atoms with Gasteiger partial charge in [-0.15, -0.1) is 5.11 Å². The van der Waals surface area contributed by atoms with E-state index in [9.17, 15) is 10.1 Å². The maximum atomic E-state index is 9.73. The lowest BCUT2D eigenvalue weighted by Crippen LogP contribution is -2.45. The van der Waals surface area contributed by atoms with Crippen LogP contribution in [0.15, 0.2) is 0 Å². The van der Waals surface area contributed by atoms with Crippen LogP contribution < -0.4 is 0 Å². The first-order valence-corrected chi connectivity index (χ1v) is 4.85. The van der Waals surface area contributed by atoms with Crippen LogP contribution in [0.1, 0.15) is 27.7 Å². The van der Waals surface area contributed by atoms with E-state index in [1.165, 1.54) is 0 Å². The van der Waals surface area contributed by atoms with Crippen LogP contribution >= 0.6 is 0 Å². The van der Waals surface area contributed by atoms with Gasteiger partial charge in [-0.3, -0.25) is 0 Å². The van der Waals surface area contributed by atoms with Gasteiger partial charge in [0.25, 0.3) is 7.48 Å². The molecule has 0 radical (unpaired) electrons. The molecule has 0 heterocycles. The zero-order chi connectivity index (χ0) is 10.9. The van der Waals surface area contributed by atoms with Crippen molar-refractivity contribution >= 4 is 30.5 Å². The molecule has 13 heavy (non-hydrogen) atoms. The Balaban J connectivity index is 4.58. The molecule has 0 rings (SSSR count). The van der Waals surface area contributed by atoms with E-state index in [1.807, 2.05) is 27.7 Å². The normalized spacial score (nSPS) is 14.0. The first-order chi connectivity index (χ1) is 5.52. The van der Waals surface area contributed by atoms with Crippen molar-refractivity contribution in [3.05, 3.63) is 0 Å².